The zero-order valence-corrected chi connectivity index (χ0v) is 14.0. The van der Waals surface area contributed by atoms with Crippen molar-refractivity contribution in [3.8, 4) is 5.75 Å². The van der Waals surface area contributed by atoms with Gasteiger partial charge in [0.05, 0.1) is 0 Å². The lowest BCUT2D eigenvalue weighted by molar-refractivity contribution is -0.127. The van der Waals surface area contributed by atoms with Crippen molar-refractivity contribution in [3.05, 3.63) is 23.3 Å². The molecule has 0 bridgehead atoms. The number of nitrogen functional groups attached to an aromatic ring is 1. The van der Waals surface area contributed by atoms with Crippen LogP contribution in [0.4, 0.5) is 5.69 Å². The third-order valence-electron chi connectivity index (χ3n) is 3.69. The second-order valence-corrected chi connectivity index (χ2v) is 5.98. The summed E-state index contributed by atoms with van der Waals surface area (Å²) >= 11 is 0. The molecule has 0 aromatic heterocycles. The normalized spacial score (nSPS) is 13.9. The topological polar surface area (TPSA) is 64.3 Å². The molecule has 2 atom stereocenters. The Morgan fingerprint density at radius 2 is 1.90 bits per heavy atom. The Hall–Kier alpha value is -1.71. The number of nitrogens with two attached hydrogens (primary N) is 1. The van der Waals surface area contributed by atoms with E-state index in [0.29, 0.717) is 0 Å². The molecule has 0 aliphatic carbocycles. The van der Waals surface area contributed by atoms with Gasteiger partial charge in [0.15, 0.2) is 6.10 Å². The molecule has 0 saturated carbocycles. The monoisotopic (exact) mass is 292 g/mol. The first-order chi connectivity index (χ1) is 9.76. The van der Waals surface area contributed by atoms with Gasteiger partial charge >= 0.3 is 0 Å². The van der Waals surface area contributed by atoms with E-state index in [1.54, 1.807) is 6.92 Å². The third-order valence-corrected chi connectivity index (χ3v) is 3.69. The molecule has 3 N–H and O–H groups in total. The highest BCUT2D eigenvalue weighted by Gasteiger charge is 2.19. The lowest BCUT2D eigenvalue weighted by atomic mass is 9.99. The van der Waals surface area contributed by atoms with E-state index >= 15 is 0 Å². The molecule has 0 saturated heterocycles. The van der Waals surface area contributed by atoms with Crippen LogP contribution in [-0.4, -0.2) is 18.1 Å². The summed E-state index contributed by atoms with van der Waals surface area (Å²) in [4.78, 5) is 12.1. The minimum absolute atomic E-state index is 0.0893. The minimum Gasteiger partial charge on any atom is -0.481 e. The first kappa shape index (κ1) is 17.3. The van der Waals surface area contributed by atoms with Gasteiger partial charge in [-0.2, -0.15) is 0 Å². The van der Waals surface area contributed by atoms with Crippen molar-refractivity contribution >= 4 is 11.6 Å². The van der Waals surface area contributed by atoms with Crippen molar-refractivity contribution in [2.75, 3.05) is 5.73 Å². The zero-order chi connectivity index (χ0) is 16.2. The molecule has 0 aliphatic rings. The number of nitrogens with one attached hydrogen (secondary N) is 1. The van der Waals surface area contributed by atoms with E-state index in [1.807, 2.05) is 32.9 Å². The fourth-order valence-electron chi connectivity index (χ4n) is 1.98. The molecule has 0 heterocycles. The van der Waals surface area contributed by atoms with E-state index in [9.17, 15) is 4.79 Å². The quantitative estimate of drug-likeness (QED) is 0.790. The van der Waals surface area contributed by atoms with Crippen molar-refractivity contribution in [2.24, 2.45) is 0 Å². The maximum atomic E-state index is 12.1. The van der Waals surface area contributed by atoms with Crippen LogP contribution in [0.2, 0.25) is 0 Å². The van der Waals surface area contributed by atoms with Crippen molar-refractivity contribution in [1.29, 1.82) is 0 Å². The van der Waals surface area contributed by atoms with Crippen LogP contribution < -0.4 is 15.8 Å². The highest BCUT2D eigenvalue weighted by molar-refractivity contribution is 5.81. The van der Waals surface area contributed by atoms with Crippen LogP contribution in [0.3, 0.4) is 0 Å². The van der Waals surface area contributed by atoms with Crippen LogP contribution in [-0.2, 0) is 4.79 Å². The summed E-state index contributed by atoms with van der Waals surface area (Å²) in [6, 6.07) is 4.01. The number of ether oxygens (including phenoxy) is 1. The number of carbonyl (C=O) groups excluding carboxylic acids is 1. The third kappa shape index (κ3) is 4.66. The molecule has 21 heavy (non-hydrogen) atoms. The summed E-state index contributed by atoms with van der Waals surface area (Å²) in [6.45, 7) is 11.9. The van der Waals surface area contributed by atoms with Crippen LogP contribution in [0, 0.1) is 6.92 Å². The van der Waals surface area contributed by atoms with Crippen LogP contribution >= 0.6 is 0 Å². The Balaban J connectivity index is 2.91. The van der Waals surface area contributed by atoms with Gasteiger partial charge in [-0.05, 0) is 56.4 Å². The van der Waals surface area contributed by atoms with Gasteiger partial charge in [0, 0.05) is 11.7 Å². The molecule has 0 aliphatic heterocycles. The van der Waals surface area contributed by atoms with Crippen molar-refractivity contribution < 1.29 is 9.53 Å². The Morgan fingerprint density at radius 3 is 2.43 bits per heavy atom. The van der Waals surface area contributed by atoms with Crippen molar-refractivity contribution in [1.82, 2.24) is 5.32 Å². The highest BCUT2D eigenvalue weighted by atomic mass is 16.5. The molecule has 0 radical (unpaired) electrons. The largest absolute Gasteiger partial charge is 0.481 e. The number of amides is 1. The summed E-state index contributed by atoms with van der Waals surface area (Å²) in [5.74, 6) is 0.935. The van der Waals surface area contributed by atoms with E-state index in [0.717, 1.165) is 29.0 Å². The average molecular weight is 292 g/mol. The highest BCUT2D eigenvalue weighted by Crippen LogP contribution is 2.31. The summed E-state index contributed by atoms with van der Waals surface area (Å²) in [7, 11) is 0. The van der Waals surface area contributed by atoms with E-state index < -0.39 is 6.10 Å². The number of aryl methyl sites for hydroxylation is 1. The predicted molar refractivity (Wildman–Crippen MR) is 87.7 cm³/mol. The van der Waals surface area contributed by atoms with Gasteiger partial charge in [0.1, 0.15) is 5.75 Å². The predicted octanol–water partition coefficient (Wildman–Crippen LogP) is 3.38. The lowest BCUT2D eigenvalue weighted by Gasteiger charge is -2.21. The van der Waals surface area contributed by atoms with E-state index in [-0.39, 0.29) is 17.9 Å². The lowest BCUT2D eigenvalue weighted by Crippen LogP contribution is -2.41. The second-order valence-electron chi connectivity index (χ2n) is 5.98. The standard InChI is InChI=1S/C17H28N2O2/c1-7-12(5)19-17(20)13(6)21-16-8-11(4)15(18)9-14(16)10(2)3/h8-10,12-13H,7,18H2,1-6H3,(H,19,20). The molecule has 0 fully saturated rings. The van der Waals surface area contributed by atoms with Crippen molar-refractivity contribution in [2.45, 2.75) is 66.0 Å². The molecular weight excluding hydrogens is 264 g/mol. The molecule has 1 rings (SSSR count). The maximum Gasteiger partial charge on any atom is 0.260 e. The molecule has 1 aromatic carbocycles. The van der Waals surface area contributed by atoms with Gasteiger partial charge < -0.3 is 15.8 Å². The van der Waals surface area contributed by atoms with Crippen LogP contribution in [0.5, 0.6) is 5.75 Å². The van der Waals surface area contributed by atoms with Gasteiger partial charge in [0.2, 0.25) is 0 Å². The van der Waals surface area contributed by atoms with Gasteiger partial charge in [-0.3, -0.25) is 4.79 Å². The average Bonchev–Trinajstić information content (AvgIpc) is 2.41. The number of benzene rings is 1. The Bertz CT molecular complexity index is 498. The van der Waals surface area contributed by atoms with E-state index in [1.165, 1.54) is 0 Å². The minimum atomic E-state index is -0.528. The van der Waals surface area contributed by atoms with Gasteiger partial charge in [-0.15, -0.1) is 0 Å². The van der Waals surface area contributed by atoms with Crippen LogP contribution in [0.25, 0.3) is 0 Å². The summed E-state index contributed by atoms with van der Waals surface area (Å²) in [5.41, 5.74) is 8.71. The first-order valence-electron chi connectivity index (χ1n) is 7.63. The Kier molecular flexibility index (Phi) is 6.06. The van der Waals surface area contributed by atoms with Gasteiger partial charge in [0.25, 0.3) is 5.91 Å². The zero-order valence-electron chi connectivity index (χ0n) is 14.0. The number of carbonyl (C=O) groups is 1. The van der Waals surface area contributed by atoms with Crippen molar-refractivity contribution in [3.63, 3.8) is 0 Å². The molecular formula is C17H28N2O2. The first-order valence-corrected chi connectivity index (χ1v) is 7.63. The van der Waals surface area contributed by atoms with Crippen LogP contribution in [0.1, 0.15) is 58.1 Å². The Morgan fingerprint density at radius 1 is 1.29 bits per heavy atom. The number of hydrogen-bond donors (Lipinski definition) is 2. The van der Waals surface area contributed by atoms with Gasteiger partial charge in [-0.1, -0.05) is 20.8 Å². The summed E-state index contributed by atoms with van der Waals surface area (Å²) in [6.07, 6.45) is 0.371. The molecule has 4 nitrogen and oxygen atoms in total. The number of rotatable bonds is 6. The molecule has 1 aromatic rings. The van der Waals surface area contributed by atoms with Crippen LogP contribution in [0.15, 0.2) is 12.1 Å². The summed E-state index contributed by atoms with van der Waals surface area (Å²) < 4.78 is 5.88. The fourth-order valence-corrected chi connectivity index (χ4v) is 1.98. The smallest absolute Gasteiger partial charge is 0.260 e. The number of anilines is 1. The van der Waals surface area contributed by atoms with E-state index in [4.69, 9.17) is 10.5 Å². The molecule has 118 valence electrons. The molecule has 0 spiro atoms. The van der Waals surface area contributed by atoms with Gasteiger partial charge in [-0.25, -0.2) is 0 Å². The molecule has 2 unspecified atom stereocenters. The Labute approximate surface area is 128 Å². The SMILES string of the molecule is CCC(C)NC(=O)C(C)Oc1cc(C)c(N)cc1C(C)C. The number of hydrogen-bond acceptors (Lipinski definition) is 3. The molecule has 1 amide bonds. The fraction of sp³-hybridized carbons (Fsp3) is 0.588. The summed E-state index contributed by atoms with van der Waals surface area (Å²) in [5, 5.41) is 2.94. The maximum absolute atomic E-state index is 12.1. The van der Waals surface area contributed by atoms with E-state index in [2.05, 4.69) is 19.2 Å². The molecule has 4 heteroatoms. The second kappa shape index (κ2) is 7.34.